The summed E-state index contributed by atoms with van der Waals surface area (Å²) in [4.78, 5) is 12.3. The second-order valence-electron chi connectivity index (χ2n) is 5.05. The van der Waals surface area contributed by atoms with Gasteiger partial charge in [0, 0.05) is 6.04 Å². The molecule has 21 heavy (non-hydrogen) atoms. The van der Waals surface area contributed by atoms with Crippen molar-refractivity contribution in [3.05, 3.63) is 64.1 Å². The molecule has 0 aliphatic heterocycles. The van der Waals surface area contributed by atoms with Gasteiger partial charge in [-0.05, 0) is 31.4 Å². The summed E-state index contributed by atoms with van der Waals surface area (Å²) in [7, 11) is 0. The fourth-order valence-corrected chi connectivity index (χ4v) is 2.61. The predicted octanol–water partition coefficient (Wildman–Crippen LogP) is 3.41. The van der Waals surface area contributed by atoms with Gasteiger partial charge in [-0.2, -0.15) is 9.78 Å². The zero-order valence-corrected chi connectivity index (χ0v) is 12.3. The van der Waals surface area contributed by atoms with Crippen LogP contribution in [0.5, 0.6) is 0 Å². The van der Waals surface area contributed by atoms with Crippen LogP contribution in [0.1, 0.15) is 19.3 Å². The number of hydrogen-bond donors (Lipinski definition) is 1. The first-order valence-corrected chi connectivity index (χ1v) is 7.38. The van der Waals surface area contributed by atoms with Gasteiger partial charge in [-0.1, -0.05) is 42.0 Å². The summed E-state index contributed by atoms with van der Waals surface area (Å²) in [5, 5.41) is 7.71. The molecular weight excluding hydrogens is 286 g/mol. The molecule has 0 saturated carbocycles. The van der Waals surface area contributed by atoms with Crippen molar-refractivity contribution >= 4 is 17.3 Å². The van der Waals surface area contributed by atoms with Crippen LogP contribution in [-0.4, -0.2) is 15.8 Å². The Bertz CT molecular complexity index is 709. The molecule has 4 nitrogen and oxygen atoms in total. The number of hydrogen-bond acceptors (Lipinski definition) is 3. The van der Waals surface area contributed by atoms with Crippen LogP contribution in [0.2, 0.25) is 5.02 Å². The molecule has 1 heterocycles. The van der Waals surface area contributed by atoms with Gasteiger partial charge in [0.15, 0.2) is 0 Å². The summed E-state index contributed by atoms with van der Waals surface area (Å²) in [6.07, 6.45) is 8.96. The van der Waals surface area contributed by atoms with E-state index >= 15 is 0 Å². The molecule has 0 fully saturated rings. The molecule has 0 bridgehead atoms. The van der Waals surface area contributed by atoms with Gasteiger partial charge in [0.2, 0.25) is 0 Å². The van der Waals surface area contributed by atoms with Crippen LogP contribution in [0.15, 0.2) is 53.5 Å². The topological polar surface area (TPSA) is 46.9 Å². The average molecular weight is 302 g/mol. The van der Waals surface area contributed by atoms with Crippen molar-refractivity contribution in [2.24, 2.45) is 0 Å². The summed E-state index contributed by atoms with van der Waals surface area (Å²) in [6.45, 7) is 0. The second-order valence-corrected chi connectivity index (χ2v) is 5.43. The maximum absolute atomic E-state index is 12.3. The molecule has 1 aromatic heterocycles. The highest BCUT2D eigenvalue weighted by Gasteiger charge is 2.15. The van der Waals surface area contributed by atoms with E-state index in [0.29, 0.717) is 17.4 Å². The molecule has 1 atom stereocenters. The van der Waals surface area contributed by atoms with Crippen molar-refractivity contribution in [1.29, 1.82) is 0 Å². The summed E-state index contributed by atoms with van der Waals surface area (Å²) >= 11 is 6.21. The van der Waals surface area contributed by atoms with Crippen molar-refractivity contribution in [3.63, 3.8) is 0 Å². The number of para-hydroxylation sites is 1. The maximum atomic E-state index is 12.3. The van der Waals surface area contributed by atoms with E-state index in [2.05, 4.69) is 22.6 Å². The van der Waals surface area contributed by atoms with Gasteiger partial charge in [0.25, 0.3) is 5.56 Å². The molecular formula is C16H16ClN3O. The zero-order valence-electron chi connectivity index (χ0n) is 11.5. The summed E-state index contributed by atoms with van der Waals surface area (Å²) < 4.78 is 1.31. The van der Waals surface area contributed by atoms with Crippen LogP contribution >= 0.6 is 11.6 Å². The van der Waals surface area contributed by atoms with Gasteiger partial charge in [-0.3, -0.25) is 4.79 Å². The molecule has 3 rings (SSSR count). The molecule has 5 heteroatoms. The van der Waals surface area contributed by atoms with E-state index in [1.807, 2.05) is 30.3 Å². The molecule has 0 spiro atoms. The Hall–Kier alpha value is -2.07. The fourth-order valence-electron chi connectivity index (χ4n) is 2.43. The van der Waals surface area contributed by atoms with E-state index in [0.717, 1.165) is 19.3 Å². The Morgan fingerprint density at radius 3 is 2.76 bits per heavy atom. The van der Waals surface area contributed by atoms with Gasteiger partial charge >= 0.3 is 0 Å². The normalized spacial score (nSPS) is 17.7. The second kappa shape index (κ2) is 6.14. The van der Waals surface area contributed by atoms with Gasteiger partial charge < -0.3 is 5.32 Å². The van der Waals surface area contributed by atoms with Crippen LogP contribution in [0.4, 0.5) is 5.69 Å². The van der Waals surface area contributed by atoms with E-state index < -0.39 is 0 Å². The summed E-state index contributed by atoms with van der Waals surface area (Å²) in [6, 6.07) is 9.56. The summed E-state index contributed by atoms with van der Waals surface area (Å²) in [5.74, 6) is 0. The Balaban J connectivity index is 1.90. The predicted molar refractivity (Wildman–Crippen MR) is 85.2 cm³/mol. The highest BCUT2D eigenvalue weighted by atomic mass is 35.5. The van der Waals surface area contributed by atoms with E-state index in [-0.39, 0.29) is 10.6 Å². The first-order valence-electron chi connectivity index (χ1n) is 7.00. The smallest absolute Gasteiger partial charge is 0.292 e. The molecule has 1 aliphatic carbocycles. The molecule has 0 saturated heterocycles. The van der Waals surface area contributed by atoms with Crippen LogP contribution < -0.4 is 10.9 Å². The molecule has 1 aliphatic rings. The average Bonchev–Trinajstić information content (AvgIpc) is 2.54. The first kappa shape index (κ1) is 13.9. The van der Waals surface area contributed by atoms with E-state index in [1.54, 1.807) is 6.20 Å². The van der Waals surface area contributed by atoms with E-state index in [1.165, 1.54) is 4.68 Å². The highest BCUT2D eigenvalue weighted by molar-refractivity contribution is 6.32. The third kappa shape index (κ3) is 3.00. The Morgan fingerprint density at radius 2 is 2.05 bits per heavy atom. The van der Waals surface area contributed by atoms with E-state index in [4.69, 9.17) is 11.6 Å². The number of nitrogens with zero attached hydrogens (tertiary/aromatic N) is 2. The Labute approximate surface area is 128 Å². The van der Waals surface area contributed by atoms with Crippen molar-refractivity contribution in [2.75, 3.05) is 5.32 Å². The van der Waals surface area contributed by atoms with Gasteiger partial charge in [0.05, 0.1) is 17.6 Å². The minimum absolute atomic E-state index is 0.184. The Morgan fingerprint density at radius 1 is 1.24 bits per heavy atom. The van der Waals surface area contributed by atoms with Crippen LogP contribution in [0, 0.1) is 0 Å². The lowest BCUT2D eigenvalue weighted by molar-refractivity contribution is 0.643. The molecule has 0 radical (unpaired) electrons. The third-order valence-electron chi connectivity index (χ3n) is 3.55. The minimum Gasteiger partial charge on any atom is -0.379 e. The third-order valence-corrected chi connectivity index (χ3v) is 3.91. The SMILES string of the molecule is O=c1c(Cl)c(NC2CC=CCC2)cnn1-c1ccccc1. The first-order chi connectivity index (χ1) is 10.3. The number of allylic oxidation sites excluding steroid dienone is 1. The number of aromatic nitrogens is 2. The molecule has 2 aromatic rings. The Kier molecular flexibility index (Phi) is 4.06. The largest absolute Gasteiger partial charge is 0.379 e. The molecule has 1 N–H and O–H groups in total. The quantitative estimate of drug-likeness (QED) is 0.884. The van der Waals surface area contributed by atoms with Gasteiger partial charge in [-0.15, -0.1) is 0 Å². The molecule has 0 amide bonds. The lowest BCUT2D eigenvalue weighted by atomic mass is 10.0. The molecule has 1 unspecified atom stereocenters. The maximum Gasteiger partial charge on any atom is 0.292 e. The van der Waals surface area contributed by atoms with Crippen molar-refractivity contribution in [1.82, 2.24) is 9.78 Å². The lowest BCUT2D eigenvalue weighted by Gasteiger charge is -2.21. The van der Waals surface area contributed by atoms with Crippen LogP contribution in [-0.2, 0) is 0 Å². The molecule has 108 valence electrons. The van der Waals surface area contributed by atoms with E-state index in [9.17, 15) is 4.79 Å². The summed E-state index contributed by atoms with van der Waals surface area (Å²) in [5.41, 5.74) is 1.00. The molecule has 1 aromatic carbocycles. The lowest BCUT2D eigenvalue weighted by Crippen LogP contribution is -2.26. The van der Waals surface area contributed by atoms with Gasteiger partial charge in [0.1, 0.15) is 5.02 Å². The monoisotopic (exact) mass is 301 g/mol. The minimum atomic E-state index is -0.306. The number of rotatable bonds is 3. The van der Waals surface area contributed by atoms with Crippen LogP contribution in [0.25, 0.3) is 5.69 Å². The standard InChI is InChI=1S/C16H16ClN3O/c17-15-14(19-12-7-3-1-4-8-12)11-18-20(16(15)21)13-9-5-2-6-10-13/h1-3,5-6,9-12,19H,4,7-8H2. The number of benzene rings is 1. The van der Waals surface area contributed by atoms with Crippen molar-refractivity contribution in [2.45, 2.75) is 25.3 Å². The van der Waals surface area contributed by atoms with Crippen LogP contribution in [0.3, 0.4) is 0 Å². The van der Waals surface area contributed by atoms with Crippen molar-refractivity contribution < 1.29 is 0 Å². The fraction of sp³-hybridized carbons (Fsp3) is 0.250. The zero-order chi connectivity index (χ0) is 14.7. The number of nitrogens with one attached hydrogen (secondary N) is 1. The highest BCUT2D eigenvalue weighted by Crippen LogP contribution is 2.21. The van der Waals surface area contributed by atoms with Crippen molar-refractivity contribution in [3.8, 4) is 5.69 Å². The number of halogens is 1. The number of anilines is 1. The van der Waals surface area contributed by atoms with Gasteiger partial charge in [-0.25, -0.2) is 0 Å².